The van der Waals surface area contributed by atoms with Crippen LogP contribution in [0.2, 0.25) is 0 Å². The van der Waals surface area contributed by atoms with Gasteiger partial charge in [0, 0.05) is 13.1 Å². The molecular formula is C23H27N3O3. The van der Waals surface area contributed by atoms with Crippen LogP contribution in [0.1, 0.15) is 54.4 Å². The van der Waals surface area contributed by atoms with Gasteiger partial charge in [0.1, 0.15) is 18.1 Å². The van der Waals surface area contributed by atoms with Gasteiger partial charge in [-0.3, -0.25) is 0 Å². The topological polar surface area (TPSA) is 64.6 Å². The highest BCUT2D eigenvalue weighted by molar-refractivity contribution is 5.93. The van der Waals surface area contributed by atoms with E-state index in [2.05, 4.69) is 16.5 Å². The third-order valence-corrected chi connectivity index (χ3v) is 5.85. The van der Waals surface area contributed by atoms with Gasteiger partial charge in [-0.25, -0.2) is 14.8 Å². The smallest absolute Gasteiger partial charge is 0.361 e. The van der Waals surface area contributed by atoms with Crippen molar-refractivity contribution >= 4 is 17.5 Å². The van der Waals surface area contributed by atoms with Crippen LogP contribution in [0.25, 0.3) is 5.76 Å². The molecular weight excluding hydrogens is 366 g/mol. The van der Waals surface area contributed by atoms with E-state index in [0.717, 1.165) is 31.5 Å². The molecule has 2 fully saturated rings. The third-order valence-electron chi connectivity index (χ3n) is 5.85. The van der Waals surface area contributed by atoms with Crippen LogP contribution in [0.4, 0.5) is 5.82 Å². The molecule has 2 heterocycles. The maximum absolute atomic E-state index is 12.8. The predicted octanol–water partition coefficient (Wildman–Crippen LogP) is 4.22. The van der Waals surface area contributed by atoms with E-state index < -0.39 is 5.97 Å². The number of anilines is 1. The first kappa shape index (κ1) is 19.4. The van der Waals surface area contributed by atoms with Gasteiger partial charge in [-0.2, -0.15) is 0 Å². The molecule has 0 unspecified atom stereocenters. The normalized spacial score (nSPS) is 17.1. The Labute approximate surface area is 171 Å². The van der Waals surface area contributed by atoms with Crippen molar-refractivity contribution in [2.75, 3.05) is 24.6 Å². The van der Waals surface area contributed by atoms with Gasteiger partial charge in [0.05, 0.1) is 12.8 Å². The van der Waals surface area contributed by atoms with Crippen molar-refractivity contribution in [2.45, 2.75) is 39.2 Å². The summed E-state index contributed by atoms with van der Waals surface area (Å²) in [5, 5.41) is 0. The molecule has 2 aliphatic rings. The van der Waals surface area contributed by atoms with Gasteiger partial charge in [0.25, 0.3) is 0 Å². The van der Waals surface area contributed by atoms with Gasteiger partial charge in [0.2, 0.25) is 0 Å². The molecule has 1 saturated carbocycles. The number of esters is 1. The zero-order valence-corrected chi connectivity index (χ0v) is 16.9. The molecule has 0 atom stereocenters. The number of benzene rings is 1. The van der Waals surface area contributed by atoms with E-state index in [1.807, 2.05) is 37.3 Å². The summed E-state index contributed by atoms with van der Waals surface area (Å²) in [6, 6.07) is 9.62. The van der Waals surface area contributed by atoms with Gasteiger partial charge < -0.3 is 14.4 Å². The van der Waals surface area contributed by atoms with Crippen LogP contribution in [0.15, 0.2) is 43.1 Å². The SMILES string of the molecule is C=C(OCC)c1cnc(C(=O)OCc2ccccc2)c(N2CCC3(CC2)CC3)n1. The number of nitrogens with zero attached hydrogens (tertiary/aromatic N) is 3. The van der Waals surface area contributed by atoms with Crippen molar-refractivity contribution in [1.82, 2.24) is 9.97 Å². The fraction of sp³-hybridized carbons (Fsp3) is 0.435. The Balaban J connectivity index is 1.55. The van der Waals surface area contributed by atoms with E-state index in [1.165, 1.54) is 19.0 Å². The zero-order valence-electron chi connectivity index (χ0n) is 16.9. The fourth-order valence-electron chi connectivity index (χ4n) is 3.79. The summed E-state index contributed by atoms with van der Waals surface area (Å²) >= 11 is 0. The summed E-state index contributed by atoms with van der Waals surface area (Å²) in [6.45, 7) is 8.28. The fourth-order valence-corrected chi connectivity index (χ4v) is 3.79. The minimum atomic E-state index is -0.461. The highest BCUT2D eigenvalue weighted by atomic mass is 16.5. The molecule has 4 rings (SSSR count). The first-order valence-electron chi connectivity index (χ1n) is 10.3. The number of ether oxygens (including phenoxy) is 2. The summed E-state index contributed by atoms with van der Waals surface area (Å²) in [6.07, 6.45) is 6.43. The number of carbonyl (C=O) groups excluding carboxylic acids is 1. The Morgan fingerprint density at radius 3 is 2.52 bits per heavy atom. The standard InChI is InChI=1S/C23H27N3O3/c1-3-28-17(2)19-15-24-20(22(27)29-16-18-7-5-4-6-8-18)21(25-19)26-13-11-23(9-10-23)12-14-26/h4-8,15H,2-3,9-14,16H2,1H3. The number of hydrogen-bond acceptors (Lipinski definition) is 6. The molecule has 0 radical (unpaired) electrons. The van der Waals surface area contributed by atoms with Crippen molar-refractivity contribution in [3.8, 4) is 0 Å². The maximum atomic E-state index is 12.8. The zero-order chi connectivity index (χ0) is 20.3. The number of aromatic nitrogens is 2. The van der Waals surface area contributed by atoms with Crippen molar-refractivity contribution in [3.63, 3.8) is 0 Å². The van der Waals surface area contributed by atoms with Gasteiger partial charge in [-0.05, 0) is 43.6 Å². The number of piperidine rings is 1. The molecule has 0 amide bonds. The van der Waals surface area contributed by atoms with E-state index in [-0.39, 0.29) is 12.3 Å². The van der Waals surface area contributed by atoms with Crippen LogP contribution in [-0.4, -0.2) is 35.6 Å². The second-order valence-electron chi connectivity index (χ2n) is 7.83. The highest BCUT2D eigenvalue weighted by Gasteiger charge is 2.45. The van der Waals surface area contributed by atoms with Crippen molar-refractivity contribution in [1.29, 1.82) is 0 Å². The Kier molecular flexibility index (Phi) is 5.51. The third kappa shape index (κ3) is 4.42. The van der Waals surface area contributed by atoms with Gasteiger partial charge in [-0.15, -0.1) is 0 Å². The molecule has 0 bridgehead atoms. The molecule has 6 heteroatoms. The van der Waals surface area contributed by atoms with Gasteiger partial charge >= 0.3 is 5.97 Å². The lowest BCUT2D eigenvalue weighted by atomic mass is 9.93. The molecule has 6 nitrogen and oxygen atoms in total. The lowest BCUT2D eigenvalue weighted by Crippen LogP contribution is -2.36. The van der Waals surface area contributed by atoms with Crippen LogP contribution >= 0.6 is 0 Å². The summed E-state index contributed by atoms with van der Waals surface area (Å²) < 4.78 is 11.0. The van der Waals surface area contributed by atoms with Gasteiger partial charge in [-0.1, -0.05) is 36.9 Å². The van der Waals surface area contributed by atoms with Crippen LogP contribution in [0.5, 0.6) is 0 Å². The van der Waals surface area contributed by atoms with Crippen molar-refractivity contribution in [2.24, 2.45) is 5.41 Å². The van der Waals surface area contributed by atoms with Crippen molar-refractivity contribution in [3.05, 3.63) is 60.1 Å². The quantitative estimate of drug-likeness (QED) is 0.518. The summed E-state index contributed by atoms with van der Waals surface area (Å²) in [4.78, 5) is 24.1. The molecule has 152 valence electrons. The highest BCUT2D eigenvalue weighted by Crippen LogP contribution is 2.53. The lowest BCUT2D eigenvalue weighted by molar-refractivity contribution is 0.0466. The lowest BCUT2D eigenvalue weighted by Gasteiger charge is -2.33. The Hall–Kier alpha value is -2.89. The molecule has 1 aromatic carbocycles. The second kappa shape index (κ2) is 8.23. The maximum Gasteiger partial charge on any atom is 0.361 e. The molecule has 2 aromatic rings. The number of hydrogen-bond donors (Lipinski definition) is 0. The molecule has 1 aliphatic carbocycles. The first-order valence-corrected chi connectivity index (χ1v) is 10.3. The Morgan fingerprint density at radius 2 is 1.86 bits per heavy atom. The van der Waals surface area contributed by atoms with Crippen molar-refractivity contribution < 1.29 is 14.3 Å². The minimum absolute atomic E-state index is 0.206. The molecule has 1 aliphatic heterocycles. The molecule has 1 aromatic heterocycles. The summed E-state index contributed by atoms with van der Waals surface area (Å²) in [7, 11) is 0. The van der Waals surface area contributed by atoms with E-state index in [1.54, 1.807) is 0 Å². The average Bonchev–Trinajstić information content (AvgIpc) is 3.52. The molecule has 1 saturated heterocycles. The van der Waals surface area contributed by atoms with Crippen LogP contribution < -0.4 is 4.90 Å². The first-order chi connectivity index (χ1) is 14.1. The molecule has 29 heavy (non-hydrogen) atoms. The predicted molar refractivity (Wildman–Crippen MR) is 111 cm³/mol. The monoisotopic (exact) mass is 393 g/mol. The van der Waals surface area contributed by atoms with Crippen LogP contribution in [-0.2, 0) is 16.1 Å². The minimum Gasteiger partial charge on any atom is -0.492 e. The van der Waals surface area contributed by atoms with Crippen LogP contribution in [0.3, 0.4) is 0 Å². The largest absolute Gasteiger partial charge is 0.492 e. The van der Waals surface area contributed by atoms with E-state index >= 15 is 0 Å². The Bertz CT molecular complexity index is 883. The second-order valence-corrected chi connectivity index (χ2v) is 7.83. The molecule has 0 N–H and O–H groups in total. The summed E-state index contributed by atoms with van der Waals surface area (Å²) in [5.41, 5.74) is 2.27. The number of rotatable bonds is 7. The van der Waals surface area contributed by atoms with E-state index in [0.29, 0.717) is 29.3 Å². The van der Waals surface area contributed by atoms with E-state index in [4.69, 9.17) is 14.5 Å². The van der Waals surface area contributed by atoms with Crippen LogP contribution in [0, 0.1) is 5.41 Å². The molecule has 1 spiro atoms. The average molecular weight is 393 g/mol. The van der Waals surface area contributed by atoms with E-state index in [9.17, 15) is 4.79 Å². The summed E-state index contributed by atoms with van der Waals surface area (Å²) in [5.74, 6) is 0.565. The Morgan fingerprint density at radius 1 is 1.14 bits per heavy atom. The number of carbonyl (C=O) groups is 1. The van der Waals surface area contributed by atoms with Gasteiger partial charge in [0.15, 0.2) is 11.5 Å².